The van der Waals surface area contributed by atoms with E-state index in [-0.39, 0.29) is 42.3 Å². The third-order valence-electron chi connectivity index (χ3n) is 5.45. The van der Waals surface area contributed by atoms with Crippen LogP contribution >= 0.6 is 47.8 Å². The Hall–Kier alpha value is -3.35. The molecule has 3 N–H and O–H groups in total. The summed E-state index contributed by atoms with van der Waals surface area (Å²) < 4.78 is -0.319. The molecule has 0 saturated carbocycles. The fourth-order valence-corrected chi connectivity index (χ4v) is 6.63. The van der Waals surface area contributed by atoms with Crippen molar-refractivity contribution in [3.63, 3.8) is 0 Å². The molecule has 0 aromatic heterocycles. The highest BCUT2D eigenvalue weighted by Crippen LogP contribution is 2.42. The van der Waals surface area contributed by atoms with Crippen LogP contribution in [-0.2, 0) is 6.54 Å². The van der Waals surface area contributed by atoms with Crippen LogP contribution in [0.2, 0.25) is 0 Å². The van der Waals surface area contributed by atoms with Gasteiger partial charge in [-0.05, 0) is 71.6 Å². The van der Waals surface area contributed by atoms with Crippen molar-refractivity contribution in [3.05, 3.63) is 95.3 Å². The SMILES string of the molecule is O=C(Nc1c(Br)c(C(=O)O)c(Br)c(C(=O)O)c1Br)c1ccccc1CN1C(=O)c2ccccc2C1=O. The number of nitrogens with one attached hydrogen (secondary N) is 1. The Kier molecular flexibility index (Phi) is 7.12. The molecular weight excluding hydrogens is 668 g/mol. The first-order valence-electron chi connectivity index (χ1n) is 10.1. The number of hydrogen-bond donors (Lipinski definition) is 3. The molecule has 9 nitrogen and oxygen atoms in total. The first kappa shape index (κ1) is 25.7. The van der Waals surface area contributed by atoms with Gasteiger partial charge in [0.15, 0.2) is 0 Å². The van der Waals surface area contributed by atoms with E-state index in [1.165, 1.54) is 6.07 Å². The Bertz CT molecular complexity index is 1430. The summed E-state index contributed by atoms with van der Waals surface area (Å²) in [5, 5.41) is 21.7. The number of carbonyl (C=O) groups excluding carboxylic acids is 3. The summed E-state index contributed by atoms with van der Waals surface area (Å²) in [5.74, 6) is -4.53. The van der Waals surface area contributed by atoms with E-state index in [1.807, 2.05) is 0 Å². The van der Waals surface area contributed by atoms with Crippen molar-refractivity contribution in [2.75, 3.05) is 5.32 Å². The Morgan fingerprint density at radius 3 is 1.72 bits per heavy atom. The topological polar surface area (TPSA) is 141 Å². The molecule has 1 aliphatic rings. The molecule has 0 spiro atoms. The van der Waals surface area contributed by atoms with E-state index >= 15 is 0 Å². The summed E-state index contributed by atoms with van der Waals surface area (Å²) in [7, 11) is 0. The number of fused-ring (bicyclic) bond motifs is 1. The highest BCUT2D eigenvalue weighted by molar-refractivity contribution is 9.11. The number of carboxylic acids is 2. The second-order valence-electron chi connectivity index (χ2n) is 7.53. The van der Waals surface area contributed by atoms with Gasteiger partial charge in [-0.15, -0.1) is 0 Å². The van der Waals surface area contributed by atoms with Gasteiger partial charge in [-0.1, -0.05) is 30.3 Å². The number of nitrogens with zero attached hydrogens (tertiary/aromatic N) is 1. The molecule has 3 amide bonds. The fraction of sp³-hybridized carbons (Fsp3) is 0.0417. The Morgan fingerprint density at radius 1 is 0.750 bits per heavy atom. The van der Waals surface area contributed by atoms with E-state index in [1.54, 1.807) is 42.5 Å². The number of hydrogen-bond acceptors (Lipinski definition) is 5. The van der Waals surface area contributed by atoms with Gasteiger partial charge >= 0.3 is 11.9 Å². The average Bonchev–Trinajstić information content (AvgIpc) is 3.06. The van der Waals surface area contributed by atoms with Crippen LogP contribution in [-0.4, -0.2) is 44.8 Å². The summed E-state index contributed by atoms with van der Waals surface area (Å²) in [5.41, 5.74) is 0.0865. The first-order valence-corrected chi connectivity index (χ1v) is 12.4. The van der Waals surface area contributed by atoms with Crippen molar-refractivity contribution in [1.82, 2.24) is 4.90 Å². The van der Waals surface area contributed by atoms with Crippen molar-refractivity contribution >= 4 is 83.1 Å². The Morgan fingerprint density at radius 2 is 1.22 bits per heavy atom. The van der Waals surface area contributed by atoms with Crippen LogP contribution in [0.1, 0.15) is 57.4 Å². The van der Waals surface area contributed by atoms with Gasteiger partial charge in [0.2, 0.25) is 0 Å². The number of aromatic carboxylic acids is 2. The molecule has 1 aliphatic heterocycles. The summed E-state index contributed by atoms with van der Waals surface area (Å²) in [4.78, 5) is 63.5. The van der Waals surface area contributed by atoms with E-state index in [9.17, 15) is 34.2 Å². The van der Waals surface area contributed by atoms with Gasteiger partial charge < -0.3 is 15.5 Å². The second-order valence-corrected chi connectivity index (χ2v) is 9.91. The third-order valence-corrected chi connectivity index (χ3v) is 7.83. The van der Waals surface area contributed by atoms with Crippen LogP contribution < -0.4 is 5.32 Å². The van der Waals surface area contributed by atoms with E-state index < -0.39 is 40.8 Å². The van der Waals surface area contributed by atoms with Crippen molar-refractivity contribution < 1.29 is 34.2 Å². The molecule has 0 unspecified atom stereocenters. The lowest BCUT2D eigenvalue weighted by atomic mass is 10.0. The van der Waals surface area contributed by atoms with Gasteiger partial charge in [0, 0.05) is 10.0 Å². The number of anilines is 1. The van der Waals surface area contributed by atoms with Gasteiger partial charge in [0.05, 0.1) is 43.4 Å². The van der Waals surface area contributed by atoms with Crippen LogP contribution in [0.15, 0.2) is 61.9 Å². The van der Waals surface area contributed by atoms with Crippen LogP contribution in [0.5, 0.6) is 0 Å². The minimum absolute atomic E-state index is 0.0649. The van der Waals surface area contributed by atoms with Gasteiger partial charge in [0.25, 0.3) is 17.7 Å². The molecule has 12 heteroatoms. The smallest absolute Gasteiger partial charge is 0.338 e. The molecule has 3 aromatic carbocycles. The van der Waals surface area contributed by atoms with Gasteiger partial charge in [0.1, 0.15) is 0 Å². The van der Waals surface area contributed by atoms with E-state index in [4.69, 9.17) is 0 Å². The maximum absolute atomic E-state index is 13.3. The number of halogens is 3. The lowest BCUT2D eigenvalue weighted by Crippen LogP contribution is -2.30. The van der Waals surface area contributed by atoms with E-state index in [0.29, 0.717) is 5.56 Å². The van der Waals surface area contributed by atoms with Crippen molar-refractivity contribution in [3.8, 4) is 0 Å². The number of benzene rings is 3. The largest absolute Gasteiger partial charge is 0.478 e. The molecule has 0 atom stereocenters. The predicted octanol–water partition coefficient (Wildman–Crippen LogP) is 5.42. The standard InChI is InChI=1S/C24H13Br3N2O7/c25-16-14(23(33)34)17(26)19(18(27)15(16)24(35)36)28-20(30)11-6-2-1-5-10(11)9-29-21(31)12-7-3-4-8-13(12)22(29)32/h1-8H,9H2,(H,28,30)(H,33,34)(H,35,36). The Labute approximate surface area is 228 Å². The zero-order chi connectivity index (χ0) is 26.3. The minimum Gasteiger partial charge on any atom is -0.478 e. The quantitative estimate of drug-likeness (QED) is 0.296. The number of amides is 3. The summed E-state index contributed by atoms with van der Waals surface area (Å²) in [6.07, 6.45) is 0. The molecule has 1 heterocycles. The molecule has 182 valence electrons. The van der Waals surface area contributed by atoms with Crippen LogP contribution in [0.3, 0.4) is 0 Å². The van der Waals surface area contributed by atoms with Crippen molar-refractivity contribution in [2.45, 2.75) is 6.54 Å². The second kappa shape index (κ2) is 9.96. The highest BCUT2D eigenvalue weighted by Gasteiger charge is 2.36. The van der Waals surface area contributed by atoms with Gasteiger partial charge in [-0.25, -0.2) is 9.59 Å². The summed E-state index contributed by atoms with van der Waals surface area (Å²) in [6.45, 7) is -0.181. The molecule has 0 radical (unpaired) electrons. The van der Waals surface area contributed by atoms with E-state index in [0.717, 1.165) is 4.90 Å². The maximum atomic E-state index is 13.3. The molecular formula is C24H13Br3N2O7. The zero-order valence-electron chi connectivity index (χ0n) is 17.8. The molecule has 0 bridgehead atoms. The molecule has 0 aliphatic carbocycles. The highest BCUT2D eigenvalue weighted by atomic mass is 79.9. The van der Waals surface area contributed by atoms with Crippen LogP contribution in [0.25, 0.3) is 0 Å². The number of rotatable bonds is 6. The molecule has 3 aromatic rings. The lowest BCUT2D eigenvalue weighted by molar-refractivity contribution is 0.0635. The van der Waals surface area contributed by atoms with Crippen LogP contribution in [0.4, 0.5) is 5.69 Å². The minimum atomic E-state index is -1.43. The normalized spacial score (nSPS) is 12.5. The number of imide groups is 1. The summed E-state index contributed by atoms with van der Waals surface area (Å²) in [6, 6.07) is 12.7. The Balaban J connectivity index is 1.71. The average molecular weight is 681 g/mol. The number of carbonyl (C=O) groups is 5. The molecule has 4 rings (SSSR count). The fourth-order valence-electron chi connectivity index (χ4n) is 3.76. The van der Waals surface area contributed by atoms with E-state index in [2.05, 4.69) is 53.1 Å². The lowest BCUT2D eigenvalue weighted by Gasteiger charge is -2.19. The first-order chi connectivity index (χ1) is 17.0. The predicted molar refractivity (Wildman–Crippen MR) is 139 cm³/mol. The maximum Gasteiger partial charge on any atom is 0.338 e. The monoisotopic (exact) mass is 678 g/mol. The van der Waals surface area contributed by atoms with Gasteiger partial charge in [-0.2, -0.15) is 0 Å². The zero-order valence-corrected chi connectivity index (χ0v) is 22.6. The summed E-state index contributed by atoms with van der Waals surface area (Å²) >= 11 is 9.30. The number of carboxylic acid groups (broad SMARTS) is 2. The van der Waals surface area contributed by atoms with Crippen molar-refractivity contribution in [1.29, 1.82) is 0 Å². The van der Waals surface area contributed by atoms with Crippen LogP contribution in [0, 0.1) is 0 Å². The molecule has 0 fully saturated rings. The van der Waals surface area contributed by atoms with Gasteiger partial charge in [-0.3, -0.25) is 19.3 Å². The van der Waals surface area contributed by atoms with Crippen molar-refractivity contribution in [2.24, 2.45) is 0 Å². The third kappa shape index (κ3) is 4.36. The molecule has 36 heavy (non-hydrogen) atoms. The molecule has 0 saturated heterocycles.